The Hall–Kier alpha value is -4.20. The van der Waals surface area contributed by atoms with Crippen molar-refractivity contribution >= 4 is 11.6 Å². The zero-order valence-corrected chi connectivity index (χ0v) is 16.4. The molecule has 3 aromatic carbocycles. The van der Waals surface area contributed by atoms with Gasteiger partial charge in [-0.05, 0) is 41.6 Å². The van der Waals surface area contributed by atoms with E-state index in [0.29, 0.717) is 39.8 Å². The van der Waals surface area contributed by atoms with Crippen molar-refractivity contribution in [2.45, 2.75) is 0 Å². The van der Waals surface area contributed by atoms with Crippen LogP contribution in [0.15, 0.2) is 72.8 Å². The minimum atomic E-state index is -0.213. The van der Waals surface area contributed by atoms with Gasteiger partial charge < -0.3 is 14.8 Å². The molecule has 0 aliphatic heterocycles. The van der Waals surface area contributed by atoms with Crippen molar-refractivity contribution in [2.75, 3.05) is 19.5 Å². The fourth-order valence-electron chi connectivity index (χ4n) is 2.95. The fourth-order valence-corrected chi connectivity index (χ4v) is 2.95. The number of tetrazole rings is 1. The smallest absolute Gasteiger partial charge is 0.255 e. The second-order valence-electron chi connectivity index (χ2n) is 6.31. The van der Waals surface area contributed by atoms with E-state index in [4.69, 9.17) is 9.47 Å². The second-order valence-corrected chi connectivity index (χ2v) is 6.31. The fraction of sp³-hybridized carbons (Fsp3) is 0.0909. The normalized spacial score (nSPS) is 10.5. The van der Waals surface area contributed by atoms with Crippen molar-refractivity contribution in [3.63, 3.8) is 0 Å². The number of methoxy groups -OCH3 is 2. The van der Waals surface area contributed by atoms with Crippen LogP contribution in [0.25, 0.3) is 17.1 Å². The first-order chi connectivity index (χ1) is 14.7. The van der Waals surface area contributed by atoms with Gasteiger partial charge in [0.05, 0.1) is 25.6 Å². The van der Waals surface area contributed by atoms with Crippen LogP contribution < -0.4 is 14.8 Å². The Morgan fingerprint density at radius 3 is 2.40 bits per heavy atom. The molecule has 0 saturated heterocycles. The minimum Gasteiger partial charge on any atom is -0.493 e. The summed E-state index contributed by atoms with van der Waals surface area (Å²) >= 11 is 0. The largest absolute Gasteiger partial charge is 0.493 e. The molecule has 0 atom stereocenters. The van der Waals surface area contributed by atoms with Gasteiger partial charge in [-0.25, -0.2) is 0 Å². The number of carbonyl (C=O) groups excluding carboxylic acids is 1. The Morgan fingerprint density at radius 2 is 1.63 bits per heavy atom. The highest BCUT2D eigenvalue weighted by molar-refractivity contribution is 6.05. The molecule has 4 rings (SSSR count). The Bertz CT molecular complexity index is 1170. The van der Waals surface area contributed by atoms with Crippen LogP contribution in [-0.4, -0.2) is 40.3 Å². The van der Waals surface area contributed by atoms with E-state index in [0.717, 1.165) is 0 Å². The molecule has 8 nitrogen and oxygen atoms in total. The van der Waals surface area contributed by atoms with Crippen molar-refractivity contribution < 1.29 is 14.3 Å². The number of nitrogens with zero attached hydrogens (tertiary/aromatic N) is 4. The second kappa shape index (κ2) is 8.44. The molecular weight excluding hydrogens is 382 g/mol. The van der Waals surface area contributed by atoms with Crippen molar-refractivity contribution in [1.82, 2.24) is 20.2 Å². The van der Waals surface area contributed by atoms with Crippen molar-refractivity contribution in [3.8, 4) is 28.6 Å². The number of carbonyl (C=O) groups is 1. The molecule has 0 aliphatic carbocycles. The highest BCUT2D eigenvalue weighted by Crippen LogP contribution is 2.29. The predicted molar refractivity (Wildman–Crippen MR) is 112 cm³/mol. The maximum Gasteiger partial charge on any atom is 0.255 e. The van der Waals surface area contributed by atoms with E-state index >= 15 is 0 Å². The number of benzene rings is 3. The summed E-state index contributed by atoms with van der Waals surface area (Å²) in [6, 6.07) is 21.6. The van der Waals surface area contributed by atoms with Gasteiger partial charge >= 0.3 is 0 Å². The number of hydrogen-bond acceptors (Lipinski definition) is 6. The third-order valence-electron chi connectivity index (χ3n) is 4.46. The quantitative estimate of drug-likeness (QED) is 0.531. The van der Waals surface area contributed by atoms with Crippen LogP contribution in [-0.2, 0) is 0 Å². The van der Waals surface area contributed by atoms with Crippen molar-refractivity contribution in [1.29, 1.82) is 0 Å². The maximum absolute atomic E-state index is 12.6. The molecule has 1 amide bonds. The van der Waals surface area contributed by atoms with Gasteiger partial charge in [-0.15, -0.1) is 15.0 Å². The summed E-state index contributed by atoms with van der Waals surface area (Å²) in [6.07, 6.45) is 0. The van der Waals surface area contributed by atoms with E-state index in [1.165, 1.54) is 4.80 Å². The first kappa shape index (κ1) is 19.1. The summed E-state index contributed by atoms with van der Waals surface area (Å²) in [5.74, 6) is 1.34. The monoisotopic (exact) mass is 401 g/mol. The number of anilines is 1. The average Bonchev–Trinajstić information content (AvgIpc) is 3.29. The van der Waals surface area contributed by atoms with Gasteiger partial charge in [-0.1, -0.05) is 30.3 Å². The standard InChI is InChI=1S/C22H19N5O3/c1-29-19-13-12-16(14-20(19)30-2)27-25-21(24-26-27)17-10-6-7-11-18(17)23-22(28)15-8-4-3-5-9-15/h3-14H,1-2H3,(H,23,28). The molecule has 0 bridgehead atoms. The molecular formula is C22H19N5O3. The summed E-state index contributed by atoms with van der Waals surface area (Å²) in [5.41, 5.74) is 2.48. The Labute approximate surface area is 173 Å². The van der Waals surface area contributed by atoms with Gasteiger partial charge in [0.15, 0.2) is 11.5 Å². The topological polar surface area (TPSA) is 91.2 Å². The van der Waals surface area contributed by atoms with Crippen LogP contribution in [0, 0.1) is 0 Å². The van der Waals surface area contributed by atoms with Crippen molar-refractivity contribution in [3.05, 3.63) is 78.4 Å². The van der Waals surface area contributed by atoms with Crippen LogP contribution in [0.2, 0.25) is 0 Å². The van der Waals surface area contributed by atoms with E-state index in [9.17, 15) is 4.79 Å². The number of rotatable bonds is 6. The molecule has 1 aromatic heterocycles. The lowest BCUT2D eigenvalue weighted by Crippen LogP contribution is -2.12. The highest BCUT2D eigenvalue weighted by atomic mass is 16.5. The van der Waals surface area contributed by atoms with E-state index in [-0.39, 0.29) is 5.91 Å². The first-order valence-electron chi connectivity index (χ1n) is 9.18. The van der Waals surface area contributed by atoms with Gasteiger partial charge in [0.2, 0.25) is 5.82 Å². The van der Waals surface area contributed by atoms with Crippen molar-refractivity contribution in [2.24, 2.45) is 0 Å². The molecule has 1 heterocycles. The molecule has 0 aliphatic rings. The number of aromatic nitrogens is 4. The zero-order chi connectivity index (χ0) is 20.9. The summed E-state index contributed by atoms with van der Waals surface area (Å²) in [4.78, 5) is 14.0. The number of hydrogen-bond donors (Lipinski definition) is 1. The highest BCUT2D eigenvalue weighted by Gasteiger charge is 2.15. The first-order valence-corrected chi connectivity index (χ1v) is 9.18. The summed E-state index contributed by atoms with van der Waals surface area (Å²) in [5, 5.41) is 15.7. The SMILES string of the molecule is COc1ccc(-n2nnc(-c3ccccc3NC(=O)c3ccccc3)n2)cc1OC. The molecule has 0 unspecified atom stereocenters. The molecule has 0 radical (unpaired) electrons. The van der Waals surface area contributed by atoms with E-state index in [1.54, 1.807) is 50.6 Å². The zero-order valence-electron chi connectivity index (χ0n) is 16.4. The lowest BCUT2D eigenvalue weighted by atomic mass is 10.1. The minimum absolute atomic E-state index is 0.213. The van der Waals surface area contributed by atoms with Gasteiger partial charge in [-0.3, -0.25) is 4.79 Å². The van der Waals surface area contributed by atoms with E-state index < -0.39 is 0 Å². The van der Waals surface area contributed by atoms with Crippen LogP contribution in [0.4, 0.5) is 5.69 Å². The molecule has 0 fully saturated rings. The molecule has 8 heteroatoms. The van der Waals surface area contributed by atoms with E-state index in [1.807, 2.05) is 36.4 Å². The van der Waals surface area contributed by atoms with Crippen LogP contribution in [0.3, 0.4) is 0 Å². The molecule has 0 saturated carbocycles. The third kappa shape index (κ3) is 3.83. The Kier molecular flexibility index (Phi) is 5.38. The number of amides is 1. The maximum atomic E-state index is 12.6. The van der Waals surface area contributed by atoms with Gasteiger partial charge in [0.1, 0.15) is 0 Å². The number of para-hydroxylation sites is 1. The van der Waals surface area contributed by atoms with Crippen LogP contribution >= 0.6 is 0 Å². The number of nitrogens with one attached hydrogen (secondary N) is 1. The molecule has 4 aromatic rings. The third-order valence-corrected chi connectivity index (χ3v) is 4.46. The molecule has 1 N–H and O–H groups in total. The van der Waals surface area contributed by atoms with Crippen LogP contribution in [0.5, 0.6) is 11.5 Å². The summed E-state index contributed by atoms with van der Waals surface area (Å²) in [6.45, 7) is 0. The molecule has 30 heavy (non-hydrogen) atoms. The summed E-state index contributed by atoms with van der Waals surface area (Å²) in [7, 11) is 3.14. The predicted octanol–water partition coefficient (Wildman–Crippen LogP) is 3.60. The Balaban J connectivity index is 1.64. The Morgan fingerprint density at radius 1 is 0.900 bits per heavy atom. The van der Waals surface area contributed by atoms with Gasteiger partial charge in [-0.2, -0.15) is 0 Å². The van der Waals surface area contributed by atoms with Gasteiger partial charge in [0.25, 0.3) is 5.91 Å². The van der Waals surface area contributed by atoms with E-state index in [2.05, 4.69) is 20.7 Å². The average molecular weight is 401 g/mol. The summed E-state index contributed by atoms with van der Waals surface area (Å²) < 4.78 is 10.6. The molecule has 150 valence electrons. The lowest BCUT2D eigenvalue weighted by molar-refractivity contribution is 0.102. The number of ether oxygens (including phenoxy) is 2. The van der Waals surface area contributed by atoms with Crippen LogP contribution in [0.1, 0.15) is 10.4 Å². The van der Waals surface area contributed by atoms with Gasteiger partial charge in [0, 0.05) is 17.2 Å². The molecule has 0 spiro atoms. The lowest BCUT2D eigenvalue weighted by Gasteiger charge is -2.09.